The van der Waals surface area contributed by atoms with E-state index in [4.69, 9.17) is 0 Å². The van der Waals surface area contributed by atoms with E-state index in [9.17, 15) is 4.79 Å². The summed E-state index contributed by atoms with van der Waals surface area (Å²) in [5.41, 5.74) is 1.44. The van der Waals surface area contributed by atoms with Crippen LogP contribution in [0.15, 0.2) is 18.3 Å². The van der Waals surface area contributed by atoms with Gasteiger partial charge in [-0.25, -0.2) is 9.78 Å². The van der Waals surface area contributed by atoms with E-state index in [1.165, 1.54) is 20.0 Å². The summed E-state index contributed by atoms with van der Waals surface area (Å²) in [5, 5.41) is 0. The number of esters is 1. The maximum Gasteiger partial charge on any atom is 0.356 e. The first kappa shape index (κ1) is 9.96. The van der Waals surface area contributed by atoms with Gasteiger partial charge in [0.05, 0.1) is 7.11 Å². The highest BCUT2D eigenvalue weighted by atomic mass is 16.5. The number of hydrogen-bond donors (Lipinski definition) is 0. The minimum absolute atomic E-state index is 0.377. The Morgan fingerprint density at radius 1 is 1.47 bits per heavy atom. The number of aromatic nitrogens is 1. The van der Waals surface area contributed by atoms with Crippen LogP contribution in [0.2, 0.25) is 0 Å². The van der Waals surface area contributed by atoms with Crippen molar-refractivity contribution in [2.75, 3.05) is 25.1 Å². The summed E-state index contributed by atoms with van der Waals surface area (Å²) in [4.78, 5) is 17.5. The fraction of sp³-hybridized carbons (Fsp3) is 0.455. The van der Waals surface area contributed by atoms with Crippen molar-refractivity contribution in [1.82, 2.24) is 4.98 Å². The Kier molecular flexibility index (Phi) is 2.85. The third-order valence-electron chi connectivity index (χ3n) is 2.61. The SMILES string of the molecule is COC(=O)c1cc(N2CCCC2)ccn1. The summed E-state index contributed by atoms with van der Waals surface area (Å²) < 4.78 is 4.63. The highest BCUT2D eigenvalue weighted by Gasteiger charge is 2.14. The van der Waals surface area contributed by atoms with Gasteiger partial charge in [-0.1, -0.05) is 0 Å². The quantitative estimate of drug-likeness (QED) is 0.687. The number of hydrogen-bond acceptors (Lipinski definition) is 4. The predicted octanol–water partition coefficient (Wildman–Crippen LogP) is 1.47. The molecule has 4 heteroatoms. The largest absolute Gasteiger partial charge is 0.464 e. The lowest BCUT2D eigenvalue weighted by atomic mass is 10.3. The standard InChI is InChI=1S/C11H14N2O2/c1-15-11(14)10-8-9(4-5-12-10)13-6-2-3-7-13/h4-5,8H,2-3,6-7H2,1H3. The van der Waals surface area contributed by atoms with Gasteiger partial charge in [0.15, 0.2) is 0 Å². The highest BCUT2D eigenvalue weighted by molar-refractivity contribution is 5.88. The molecule has 0 aromatic carbocycles. The van der Waals surface area contributed by atoms with Crippen molar-refractivity contribution >= 4 is 11.7 Å². The number of methoxy groups -OCH3 is 1. The van der Waals surface area contributed by atoms with Crippen molar-refractivity contribution in [2.45, 2.75) is 12.8 Å². The van der Waals surface area contributed by atoms with Crippen molar-refractivity contribution < 1.29 is 9.53 Å². The molecule has 1 aromatic heterocycles. The van der Waals surface area contributed by atoms with Gasteiger partial charge >= 0.3 is 5.97 Å². The monoisotopic (exact) mass is 206 g/mol. The van der Waals surface area contributed by atoms with E-state index >= 15 is 0 Å². The van der Waals surface area contributed by atoms with E-state index in [-0.39, 0.29) is 5.97 Å². The summed E-state index contributed by atoms with van der Waals surface area (Å²) in [6, 6.07) is 3.72. The molecule has 4 nitrogen and oxygen atoms in total. The average molecular weight is 206 g/mol. The second-order valence-electron chi connectivity index (χ2n) is 3.59. The van der Waals surface area contributed by atoms with Gasteiger partial charge in [-0.2, -0.15) is 0 Å². The van der Waals surface area contributed by atoms with Crippen molar-refractivity contribution in [3.8, 4) is 0 Å². The lowest BCUT2D eigenvalue weighted by molar-refractivity contribution is 0.0594. The number of nitrogens with zero attached hydrogens (tertiary/aromatic N) is 2. The van der Waals surface area contributed by atoms with Gasteiger partial charge in [0, 0.05) is 25.0 Å². The molecule has 0 spiro atoms. The first-order valence-corrected chi connectivity index (χ1v) is 5.10. The molecular weight excluding hydrogens is 192 g/mol. The molecule has 0 unspecified atom stereocenters. The van der Waals surface area contributed by atoms with Crippen LogP contribution in [-0.2, 0) is 4.74 Å². The lowest BCUT2D eigenvalue weighted by Gasteiger charge is -2.17. The number of rotatable bonds is 2. The molecule has 2 rings (SSSR count). The first-order valence-electron chi connectivity index (χ1n) is 5.10. The van der Waals surface area contributed by atoms with Gasteiger partial charge in [0.1, 0.15) is 5.69 Å². The molecule has 0 radical (unpaired) electrons. The molecule has 1 aliphatic heterocycles. The predicted molar refractivity (Wildman–Crippen MR) is 57.0 cm³/mol. The number of ether oxygens (including phenoxy) is 1. The van der Waals surface area contributed by atoms with Crippen LogP contribution in [0.25, 0.3) is 0 Å². The molecule has 0 atom stereocenters. The molecule has 1 aromatic rings. The Bertz CT molecular complexity index is 359. The Morgan fingerprint density at radius 3 is 2.87 bits per heavy atom. The molecule has 80 valence electrons. The van der Waals surface area contributed by atoms with Crippen LogP contribution in [-0.4, -0.2) is 31.2 Å². The molecule has 2 heterocycles. The van der Waals surface area contributed by atoms with Crippen molar-refractivity contribution in [1.29, 1.82) is 0 Å². The minimum atomic E-state index is -0.379. The zero-order valence-corrected chi connectivity index (χ0v) is 8.77. The molecular formula is C11H14N2O2. The fourth-order valence-electron chi connectivity index (χ4n) is 1.81. The zero-order valence-electron chi connectivity index (χ0n) is 8.77. The van der Waals surface area contributed by atoms with E-state index in [1.54, 1.807) is 12.3 Å². The van der Waals surface area contributed by atoms with Crippen LogP contribution in [0.3, 0.4) is 0 Å². The molecule has 0 amide bonds. The maximum absolute atomic E-state index is 11.3. The molecule has 1 saturated heterocycles. The van der Waals surface area contributed by atoms with E-state index < -0.39 is 0 Å². The van der Waals surface area contributed by atoms with Gasteiger partial charge in [0.25, 0.3) is 0 Å². The van der Waals surface area contributed by atoms with E-state index in [2.05, 4.69) is 14.6 Å². The number of carbonyl (C=O) groups excluding carboxylic acids is 1. The second-order valence-corrected chi connectivity index (χ2v) is 3.59. The lowest BCUT2D eigenvalue weighted by Crippen LogP contribution is -2.18. The average Bonchev–Trinajstić information content (AvgIpc) is 2.82. The highest BCUT2D eigenvalue weighted by Crippen LogP contribution is 2.20. The van der Waals surface area contributed by atoms with Gasteiger partial charge < -0.3 is 9.64 Å². The van der Waals surface area contributed by atoms with Crippen molar-refractivity contribution in [3.63, 3.8) is 0 Å². The van der Waals surface area contributed by atoms with Crippen LogP contribution in [0.1, 0.15) is 23.3 Å². The van der Waals surface area contributed by atoms with Crippen LogP contribution < -0.4 is 4.90 Å². The maximum atomic E-state index is 11.3. The number of carbonyl (C=O) groups is 1. The van der Waals surface area contributed by atoms with Gasteiger partial charge in [-0.15, -0.1) is 0 Å². The third-order valence-corrected chi connectivity index (χ3v) is 2.61. The first-order chi connectivity index (χ1) is 7.31. The van der Waals surface area contributed by atoms with Crippen LogP contribution in [0, 0.1) is 0 Å². The van der Waals surface area contributed by atoms with E-state index in [1.807, 2.05) is 6.07 Å². The number of pyridine rings is 1. The van der Waals surface area contributed by atoms with E-state index in [0.29, 0.717) is 5.69 Å². The van der Waals surface area contributed by atoms with Gasteiger partial charge in [0.2, 0.25) is 0 Å². The van der Waals surface area contributed by atoms with Gasteiger partial charge in [-0.3, -0.25) is 0 Å². The smallest absolute Gasteiger partial charge is 0.356 e. The molecule has 0 bridgehead atoms. The normalized spacial score (nSPS) is 15.4. The van der Waals surface area contributed by atoms with Crippen LogP contribution >= 0.6 is 0 Å². The molecule has 0 aliphatic carbocycles. The van der Waals surface area contributed by atoms with Crippen LogP contribution in [0.4, 0.5) is 5.69 Å². The summed E-state index contributed by atoms with van der Waals surface area (Å²) in [5.74, 6) is -0.379. The topological polar surface area (TPSA) is 42.4 Å². The Hall–Kier alpha value is -1.58. The second kappa shape index (κ2) is 4.29. The summed E-state index contributed by atoms with van der Waals surface area (Å²) in [7, 11) is 1.37. The molecule has 1 aliphatic rings. The zero-order chi connectivity index (χ0) is 10.7. The molecule has 0 N–H and O–H groups in total. The van der Waals surface area contributed by atoms with Crippen molar-refractivity contribution in [3.05, 3.63) is 24.0 Å². The van der Waals surface area contributed by atoms with Gasteiger partial charge in [-0.05, 0) is 25.0 Å². The summed E-state index contributed by atoms with van der Waals surface area (Å²) >= 11 is 0. The Labute approximate surface area is 88.9 Å². The minimum Gasteiger partial charge on any atom is -0.464 e. The van der Waals surface area contributed by atoms with Crippen molar-refractivity contribution in [2.24, 2.45) is 0 Å². The summed E-state index contributed by atoms with van der Waals surface area (Å²) in [6.45, 7) is 2.12. The molecule has 0 saturated carbocycles. The fourth-order valence-corrected chi connectivity index (χ4v) is 1.81. The molecule has 15 heavy (non-hydrogen) atoms. The molecule has 1 fully saturated rings. The van der Waals surface area contributed by atoms with Crippen LogP contribution in [0.5, 0.6) is 0 Å². The Balaban J connectivity index is 2.21. The summed E-state index contributed by atoms with van der Waals surface area (Å²) in [6.07, 6.45) is 4.09. The Morgan fingerprint density at radius 2 is 2.20 bits per heavy atom. The number of anilines is 1. The van der Waals surface area contributed by atoms with E-state index in [0.717, 1.165) is 18.8 Å². The third kappa shape index (κ3) is 2.09.